The first-order valence-corrected chi connectivity index (χ1v) is 3.69. The zero-order chi connectivity index (χ0) is 9.30. The van der Waals surface area contributed by atoms with Gasteiger partial charge in [0.1, 0.15) is 0 Å². The van der Waals surface area contributed by atoms with Crippen molar-refractivity contribution in [3.8, 4) is 0 Å². The van der Waals surface area contributed by atoms with Crippen LogP contribution in [-0.4, -0.2) is 22.2 Å². The van der Waals surface area contributed by atoms with E-state index < -0.39 is 17.9 Å². The van der Waals surface area contributed by atoms with Crippen LogP contribution < -0.4 is 0 Å². The first-order valence-electron chi connectivity index (χ1n) is 3.69. The van der Waals surface area contributed by atoms with Crippen molar-refractivity contribution in [1.29, 1.82) is 0 Å². The molecule has 4 heteroatoms. The van der Waals surface area contributed by atoms with Gasteiger partial charge in [0.05, 0.1) is 11.5 Å². The Balaban J connectivity index is 2.97. The van der Waals surface area contributed by atoms with E-state index in [0.29, 0.717) is 18.4 Å². The van der Waals surface area contributed by atoms with Gasteiger partial charge in [-0.3, -0.25) is 4.79 Å². The third-order valence-corrected chi connectivity index (χ3v) is 2.14. The minimum atomic E-state index is -1.10. The normalized spacial score (nSPS) is 22.9. The van der Waals surface area contributed by atoms with Crippen LogP contribution in [-0.2, 0) is 9.59 Å². The molecule has 4 nitrogen and oxygen atoms in total. The van der Waals surface area contributed by atoms with Gasteiger partial charge in [-0.1, -0.05) is 5.57 Å². The molecule has 1 aliphatic carbocycles. The molecule has 0 bridgehead atoms. The summed E-state index contributed by atoms with van der Waals surface area (Å²) in [5, 5.41) is 17.3. The predicted molar refractivity (Wildman–Crippen MR) is 40.7 cm³/mol. The lowest BCUT2D eigenvalue weighted by Gasteiger charge is -2.04. The molecule has 1 rings (SSSR count). The van der Waals surface area contributed by atoms with E-state index in [1.807, 2.05) is 0 Å². The molecule has 1 unspecified atom stereocenters. The van der Waals surface area contributed by atoms with Crippen molar-refractivity contribution in [2.24, 2.45) is 5.92 Å². The third kappa shape index (κ3) is 1.32. The van der Waals surface area contributed by atoms with Crippen LogP contribution in [0.5, 0.6) is 0 Å². The minimum Gasteiger partial charge on any atom is -0.481 e. The molecule has 0 spiro atoms. The molecule has 1 aliphatic rings. The van der Waals surface area contributed by atoms with E-state index in [1.165, 1.54) is 0 Å². The second-order valence-electron chi connectivity index (χ2n) is 2.93. The lowest BCUT2D eigenvalue weighted by molar-refractivity contribution is -0.143. The monoisotopic (exact) mass is 170 g/mol. The second-order valence-corrected chi connectivity index (χ2v) is 2.93. The van der Waals surface area contributed by atoms with Gasteiger partial charge in [0.25, 0.3) is 0 Å². The van der Waals surface area contributed by atoms with Crippen molar-refractivity contribution in [2.75, 3.05) is 0 Å². The molecule has 66 valence electrons. The molecule has 0 aromatic heterocycles. The van der Waals surface area contributed by atoms with Crippen LogP contribution in [0.1, 0.15) is 19.8 Å². The van der Waals surface area contributed by atoms with Gasteiger partial charge in [-0.05, 0) is 19.8 Å². The Bertz CT molecular complexity index is 264. The Morgan fingerprint density at radius 2 is 2.00 bits per heavy atom. The summed E-state index contributed by atoms with van der Waals surface area (Å²) in [4.78, 5) is 21.2. The van der Waals surface area contributed by atoms with Gasteiger partial charge in [-0.15, -0.1) is 0 Å². The number of hydrogen-bond donors (Lipinski definition) is 2. The maximum Gasteiger partial charge on any atom is 0.332 e. The van der Waals surface area contributed by atoms with E-state index >= 15 is 0 Å². The highest BCUT2D eigenvalue weighted by Gasteiger charge is 2.33. The van der Waals surface area contributed by atoms with Crippen molar-refractivity contribution in [2.45, 2.75) is 19.8 Å². The highest BCUT2D eigenvalue weighted by molar-refractivity contribution is 5.95. The Morgan fingerprint density at radius 3 is 2.33 bits per heavy atom. The fourth-order valence-corrected chi connectivity index (χ4v) is 1.52. The number of carboxylic acid groups (broad SMARTS) is 2. The van der Waals surface area contributed by atoms with Crippen molar-refractivity contribution in [3.05, 3.63) is 11.1 Å². The molecule has 0 amide bonds. The van der Waals surface area contributed by atoms with Crippen LogP contribution in [0.25, 0.3) is 0 Å². The summed E-state index contributed by atoms with van der Waals surface area (Å²) in [5.74, 6) is -2.94. The van der Waals surface area contributed by atoms with Crippen molar-refractivity contribution in [3.63, 3.8) is 0 Å². The second kappa shape index (κ2) is 2.97. The lowest BCUT2D eigenvalue weighted by atomic mass is 10.0. The summed E-state index contributed by atoms with van der Waals surface area (Å²) >= 11 is 0. The maximum absolute atomic E-state index is 10.6. The van der Waals surface area contributed by atoms with Gasteiger partial charge in [-0.25, -0.2) is 4.79 Å². The molecule has 0 aliphatic heterocycles. The maximum atomic E-state index is 10.6. The molecule has 1 atom stereocenters. The number of aliphatic carboxylic acids is 2. The molecule has 0 aromatic rings. The largest absolute Gasteiger partial charge is 0.481 e. The zero-order valence-corrected chi connectivity index (χ0v) is 6.70. The first kappa shape index (κ1) is 8.77. The molecule has 0 radical (unpaired) electrons. The highest BCUT2D eigenvalue weighted by Crippen LogP contribution is 2.31. The summed E-state index contributed by atoms with van der Waals surface area (Å²) in [5.41, 5.74) is 0.761. The molecule has 0 fully saturated rings. The van der Waals surface area contributed by atoms with Crippen LogP contribution in [0.2, 0.25) is 0 Å². The first-order chi connectivity index (χ1) is 5.54. The number of rotatable bonds is 2. The van der Waals surface area contributed by atoms with Crippen LogP contribution in [0.3, 0.4) is 0 Å². The van der Waals surface area contributed by atoms with Gasteiger partial charge >= 0.3 is 11.9 Å². The van der Waals surface area contributed by atoms with E-state index in [-0.39, 0.29) is 5.57 Å². The molecule has 0 aromatic carbocycles. The predicted octanol–water partition coefficient (Wildman–Crippen LogP) is 0.882. The van der Waals surface area contributed by atoms with E-state index in [1.54, 1.807) is 6.92 Å². The Hall–Kier alpha value is -1.32. The summed E-state index contributed by atoms with van der Waals surface area (Å²) in [7, 11) is 0. The van der Waals surface area contributed by atoms with Crippen LogP contribution in [0, 0.1) is 5.92 Å². The molecular formula is C8H10O4. The molecule has 0 heterocycles. The van der Waals surface area contributed by atoms with Gasteiger partial charge in [-0.2, -0.15) is 0 Å². The highest BCUT2D eigenvalue weighted by atomic mass is 16.4. The van der Waals surface area contributed by atoms with Crippen LogP contribution in [0.4, 0.5) is 0 Å². The van der Waals surface area contributed by atoms with E-state index in [0.717, 1.165) is 0 Å². The van der Waals surface area contributed by atoms with Gasteiger partial charge in [0.2, 0.25) is 0 Å². The van der Waals surface area contributed by atoms with E-state index in [4.69, 9.17) is 10.2 Å². The summed E-state index contributed by atoms with van der Waals surface area (Å²) in [6.07, 6.45) is 1.00. The Kier molecular flexibility index (Phi) is 2.17. The molecule has 12 heavy (non-hydrogen) atoms. The third-order valence-electron chi connectivity index (χ3n) is 2.14. The fraction of sp³-hybridized carbons (Fsp3) is 0.500. The summed E-state index contributed by atoms with van der Waals surface area (Å²) < 4.78 is 0. The summed E-state index contributed by atoms with van der Waals surface area (Å²) in [6, 6.07) is 0. The number of hydrogen-bond acceptors (Lipinski definition) is 2. The topological polar surface area (TPSA) is 74.6 Å². The molecule has 0 saturated carbocycles. The zero-order valence-electron chi connectivity index (χ0n) is 6.70. The minimum absolute atomic E-state index is 0.0718. The number of carboxylic acids is 2. The standard InChI is InChI=1S/C8H10O4/c1-4-2-3-5(7(9)10)6(4)8(11)12/h5H,2-3H2,1H3,(H,9,10)(H,11,12). The molecular weight excluding hydrogens is 160 g/mol. The fourth-order valence-electron chi connectivity index (χ4n) is 1.52. The van der Waals surface area contributed by atoms with Crippen LogP contribution in [0.15, 0.2) is 11.1 Å². The molecule has 0 saturated heterocycles. The van der Waals surface area contributed by atoms with Gasteiger partial charge in [0, 0.05) is 0 Å². The summed E-state index contributed by atoms with van der Waals surface area (Å²) in [6.45, 7) is 1.67. The number of allylic oxidation sites excluding steroid dienone is 1. The smallest absolute Gasteiger partial charge is 0.332 e. The van der Waals surface area contributed by atoms with E-state index in [9.17, 15) is 9.59 Å². The van der Waals surface area contributed by atoms with Crippen molar-refractivity contribution in [1.82, 2.24) is 0 Å². The quantitative estimate of drug-likeness (QED) is 0.645. The van der Waals surface area contributed by atoms with Crippen molar-refractivity contribution >= 4 is 11.9 Å². The Morgan fingerprint density at radius 1 is 1.42 bits per heavy atom. The Labute approximate surface area is 69.5 Å². The van der Waals surface area contributed by atoms with Gasteiger partial charge < -0.3 is 10.2 Å². The van der Waals surface area contributed by atoms with Gasteiger partial charge in [0.15, 0.2) is 0 Å². The number of carbonyl (C=O) groups is 2. The average molecular weight is 170 g/mol. The van der Waals surface area contributed by atoms with E-state index in [2.05, 4.69) is 0 Å². The average Bonchev–Trinajstić information content (AvgIpc) is 2.30. The lowest BCUT2D eigenvalue weighted by Crippen LogP contribution is -2.18. The van der Waals surface area contributed by atoms with Crippen LogP contribution >= 0.6 is 0 Å². The van der Waals surface area contributed by atoms with Crippen molar-refractivity contribution < 1.29 is 19.8 Å². The SMILES string of the molecule is CC1=C(C(=O)O)C(C(=O)O)CC1. The molecule has 2 N–H and O–H groups in total.